The minimum Gasteiger partial charge on any atom is -0.477 e. The molecule has 3 heterocycles. The lowest BCUT2D eigenvalue weighted by Crippen LogP contribution is -2.46. The van der Waals surface area contributed by atoms with Gasteiger partial charge in [0.05, 0.1) is 28.8 Å². The Morgan fingerprint density at radius 1 is 0.979 bits per heavy atom. The molecule has 2 fully saturated rings. The Bertz CT molecular complexity index is 2070. The van der Waals surface area contributed by atoms with E-state index in [1.54, 1.807) is 29.0 Å². The first-order valence-electron chi connectivity index (χ1n) is 15.6. The fourth-order valence-electron chi connectivity index (χ4n) is 6.01. The number of carboxylic acids is 1. The number of carbonyl (C=O) groups excluding carboxylic acids is 1. The van der Waals surface area contributed by atoms with E-state index in [0.717, 1.165) is 29.8 Å². The van der Waals surface area contributed by atoms with Crippen molar-refractivity contribution in [2.75, 3.05) is 31.1 Å². The van der Waals surface area contributed by atoms with Crippen molar-refractivity contribution in [2.45, 2.75) is 32.4 Å². The Morgan fingerprint density at radius 3 is 2.38 bits per heavy atom. The van der Waals surface area contributed by atoms with Crippen LogP contribution in [0.2, 0.25) is 0 Å². The molecule has 0 atom stereocenters. The molecule has 2 aromatic heterocycles. The van der Waals surface area contributed by atoms with Crippen LogP contribution in [0.3, 0.4) is 0 Å². The fraction of sp³-hybridized carbons (Fsp3) is 0.250. The van der Waals surface area contributed by atoms with Crippen LogP contribution in [0.25, 0.3) is 22.7 Å². The van der Waals surface area contributed by atoms with E-state index in [2.05, 4.69) is 15.2 Å². The number of pyridine rings is 1. The maximum absolute atomic E-state index is 15.4. The summed E-state index contributed by atoms with van der Waals surface area (Å²) in [5.74, 6) is -1.92. The molecule has 0 spiro atoms. The molecule has 10 nitrogen and oxygen atoms in total. The molecular weight excluding hydrogens is 599 g/mol. The Kier molecular flexibility index (Phi) is 7.98. The molecule has 3 aromatic carbocycles. The minimum absolute atomic E-state index is 0.0799. The van der Waals surface area contributed by atoms with Gasteiger partial charge in [-0.25, -0.2) is 13.9 Å². The van der Waals surface area contributed by atoms with E-state index in [1.165, 1.54) is 17.8 Å². The number of nitrogens with zero attached hydrogens (tertiary/aromatic N) is 6. The first kappa shape index (κ1) is 30.2. The molecule has 238 valence electrons. The van der Waals surface area contributed by atoms with E-state index in [4.69, 9.17) is 0 Å². The van der Waals surface area contributed by atoms with Gasteiger partial charge in [0.15, 0.2) is 5.78 Å². The second-order valence-corrected chi connectivity index (χ2v) is 12.2. The molecule has 5 aromatic rings. The van der Waals surface area contributed by atoms with E-state index in [-0.39, 0.29) is 22.8 Å². The summed E-state index contributed by atoms with van der Waals surface area (Å²) in [5.41, 5.74) is 4.27. The van der Waals surface area contributed by atoms with Crippen molar-refractivity contribution in [2.24, 2.45) is 0 Å². The van der Waals surface area contributed by atoms with Crippen LogP contribution in [-0.4, -0.2) is 67.5 Å². The molecule has 1 saturated carbocycles. The highest BCUT2D eigenvalue weighted by Gasteiger charge is 2.28. The van der Waals surface area contributed by atoms with Crippen molar-refractivity contribution in [1.82, 2.24) is 24.5 Å². The lowest BCUT2D eigenvalue weighted by atomic mass is 10.1. The number of aromatic carboxylic acids is 1. The molecule has 1 aliphatic heterocycles. The van der Waals surface area contributed by atoms with Crippen LogP contribution >= 0.6 is 0 Å². The summed E-state index contributed by atoms with van der Waals surface area (Å²) in [6.07, 6.45) is 8.44. The number of ketones is 1. The molecule has 0 bridgehead atoms. The molecule has 11 heteroatoms. The SMILES string of the molecule is Cc1ccc(/C=C/C(=O)c2ccc(-n3cc(CN4CCN(c5cc6c(cc5F)c(=O)c(C(=O)O)cn6C5CC5)CC4)nn3)cc2)cc1. The second kappa shape index (κ2) is 12.4. The quantitative estimate of drug-likeness (QED) is 0.173. The molecule has 7 rings (SSSR count). The zero-order chi connectivity index (χ0) is 32.7. The van der Waals surface area contributed by atoms with Crippen LogP contribution in [0.15, 0.2) is 83.9 Å². The van der Waals surface area contributed by atoms with Crippen LogP contribution in [-0.2, 0) is 6.54 Å². The summed E-state index contributed by atoms with van der Waals surface area (Å²) in [7, 11) is 0. The van der Waals surface area contributed by atoms with E-state index < -0.39 is 17.2 Å². The number of aromatic nitrogens is 4. The number of allylic oxidation sites excluding steroid dienone is 1. The van der Waals surface area contributed by atoms with Crippen molar-refractivity contribution in [3.8, 4) is 5.69 Å². The van der Waals surface area contributed by atoms with Gasteiger partial charge in [0.1, 0.15) is 11.4 Å². The standard InChI is InChI=1S/C36H33FN6O4/c1-23-2-4-24(5-3-23)6-13-34(44)25-7-9-28(10-8-25)43-21-26(38-39-43)20-40-14-16-41(17-15-40)33-19-32-29(18-31(33)37)35(45)30(36(46)47)22-42(32)27-11-12-27/h2-10,13,18-19,21-22,27H,11-12,14-17,20H2,1H3,(H,46,47)/b13-6+. The van der Waals surface area contributed by atoms with Gasteiger partial charge in [-0.2, -0.15) is 0 Å². The Labute approximate surface area is 270 Å². The molecule has 0 radical (unpaired) electrons. The van der Waals surface area contributed by atoms with E-state index in [9.17, 15) is 19.5 Å². The van der Waals surface area contributed by atoms with Crippen LogP contribution in [0.5, 0.6) is 0 Å². The molecule has 0 amide bonds. The van der Waals surface area contributed by atoms with Crippen molar-refractivity contribution in [3.63, 3.8) is 0 Å². The molecule has 0 unspecified atom stereocenters. The van der Waals surface area contributed by atoms with Gasteiger partial charge < -0.3 is 14.6 Å². The highest BCUT2D eigenvalue weighted by Crippen LogP contribution is 2.38. The number of halogens is 1. The van der Waals surface area contributed by atoms with Crippen LogP contribution < -0.4 is 10.3 Å². The predicted octanol–water partition coefficient (Wildman–Crippen LogP) is 5.28. The average molecular weight is 633 g/mol. The lowest BCUT2D eigenvalue weighted by Gasteiger charge is -2.36. The van der Waals surface area contributed by atoms with Gasteiger partial charge in [0.2, 0.25) is 5.43 Å². The third-order valence-corrected chi connectivity index (χ3v) is 8.83. The number of aryl methyl sites for hydroxylation is 1. The zero-order valence-corrected chi connectivity index (χ0v) is 25.8. The third-order valence-electron chi connectivity index (χ3n) is 8.83. The average Bonchev–Trinajstić information content (AvgIpc) is 3.82. The van der Waals surface area contributed by atoms with Crippen molar-refractivity contribution < 1.29 is 19.1 Å². The summed E-state index contributed by atoms with van der Waals surface area (Å²) in [5, 5.41) is 18.2. The second-order valence-electron chi connectivity index (χ2n) is 12.2. The first-order valence-corrected chi connectivity index (χ1v) is 15.6. The summed E-state index contributed by atoms with van der Waals surface area (Å²) in [4.78, 5) is 41.3. The maximum atomic E-state index is 15.4. The lowest BCUT2D eigenvalue weighted by molar-refractivity contribution is 0.0694. The number of piperazine rings is 1. The van der Waals surface area contributed by atoms with Crippen molar-refractivity contribution in [3.05, 3.63) is 123 Å². The van der Waals surface area contributed by atoms with Gasteiger partial charge >= 0.3 is 5.97 Å². The van der Waals surface area contributed by atoms with E-state index in [0.29, 0.717) is 49.5 Å². The maximum Gasteiger partial charge on any atom is 0.341 e. The number of carboxylic acid groups (broad SMARTS) is 1. The molecule has 47 heavy (non-hydrogen) atoms. The number of rotatable bonds is 9. The summed E-state index contributed by atoms with van der Waals surface area (Å²) < 4.78 is 18.9. The minimum atomic E-state index is -1.31. The van der Waals surface area contributed by atoms with Gasteiger partial charge in [-0.05, 0) is 67.8 Å². The molecule has 2 aliphatic rings. The predicted molar refractivity (Wildman–Crippen MR) is 177 cm³/mol. The molecular formula is C36H33FN6O4. The first-order chi connectivity index (χ1) is 22.7. The number of carbonyl (C=O) groups is 2. The Morgan fingerprint density at radius 2 is 1.70 bits per heavy atom. The number of benzene rings is 3. The topological polar surface area (TPSA) is 114 Å². The Balaban J connectivity index is 0.987. The molecule has 1 aliphatic carbocycles. The third kappa shape index (κ3) is 6.34. The van der Waals surface area contributed by atoms with E-state index in [1.807, 2.05) is 65.1 Å². The number of hydrogen-bond donors (Lipinski definition) is 1. The fourth-order valence-corrected chi connectivity index (χ4v) is 6.01. The van der Waals surface area contributed by atoms with Gasteiger partial charge in [-0.1, -0.05) is 41.1 Å². The smallest absolute Gasteiger partial charge is 0.341 e. The largest absolute Gasteiger partial charge is 0.477 e. The van der Waals surface area contributed by atoms with Gasteiger partial charge in [-0.15, -0.1) is 5.10 Å². The summed E-state index contributed by atoms with van der Waals surface area (Å²) >= 11 is 0. The van der Waals surface area contributed by atoms with Gasteiger partial charge in [-0.3, -0.25) is 14.5 Å². The highest BCUT2D eigenvalue weighted by molar-refractivity contribution is 6.06. The summed E-state index contributed by atoms with van der Waals surface area (Å²) in [6, 6.07) is 18.2. The van der Waals surface area contributed by atoms with Crippen LogP contribution in [0.4, 0.5) is 10.1 Å². The van der Waals surface area contributed by atoms with Crippen molar-refractivity contribution in [1.29, 1.82) is 0 Å². The number of anilines is 1. The van der Waals surface area contributed by atoms with Crippen molar-refractivity contribution >= 4 is 34.4 Å². The van der Waals surface area contributed by atoms with Crippen LogP contribution in [0.1, 0.15) is 56.4 Å². The Hall–Kier alpha value is -5.42. The van der Waals surface area contributed by atoms with Gasteiger partial charge in [0, 0.05) is 55.9 Å². The number of fused-ring (bicyclic) bond motifs is 1. The highest BCUT2D eigenvalue weighted by atomic mass is 19.1. The number of hydrogen-bond acceptors (Lipinski definition) is 7. The molecule has 1 saturated heterocycles. The normalized spacial score (nSPS) is 15.5. The van der Waals surface area contributed by atoms with E-state index >= 15 is 4.39 Å². The molecule has 1 N–H and O–H groups in total. The van der Waals surface area contributed by atoms with Crippen LogP contribution in [0, 0.1) is 12.7 Å². The summed E-state index contributed by atoms with van der Waals surface area (Å²) in [6.45, 7) is 5.09. The van der Waals surface area contributed by atoms with Gasteiger partial charge in [0.25, 0.3) is 0 Å². The monoisotopic (exact) mass is 632 g/mol. The zero-order valence-electron chi connectivity index (χ0n) is 25.8.